The van der Waals surface area contributed by atoms with Crippen LogP contribution in [0, 0.1) is 0 Å². The molecule has 5 rings (SSSR count). The van der Waals surface area contributed by atoms with Crippen molar-refractivity contribution >= 4 is 11.0 Å². The quantitative estimate of drug-likeness (QED) is 0.180. The lowest BCUT2D eigenvalue weighted by molar-refractivity contribution is -0.260. The van der Waals surface area contributed by atoms with Gasteiger partial charge in [0, 0.05) is 31.0 Å². The first-order valence-electron chi connectivity index (χ1n) is 12.1. The van der Waals surface area contributed by atoms with Gasteiger partial charge in [-0.3, -0.25) is 0 Å². The van der Waals surface area contributed by atoms with E-state index >= 15 is 0 Å². The maximum absolute atomic E-state index is 10.6. The van der Waals surface area contributed by atoms with E-state index in [2.05, 4.69) is 0 Å². The first-order valence-corrected chi connectivity index (χ1v) is 12.1. The molecule has 12 heteroatoms. The first-order chi connectivity index (χ1) is 18.2. The number of hydrogen-bond donors (Lipinski definition) is 7. The lowest BCUT2D eigenvalue weighted by atomic mass is 10.0. The lowest BCUT2D eigenvalue weighted by Crippen LogP contribution is -2.52. The molecular formula is C26H29O12+. The van der Waals surface area contributed by atoms with Crippen LogP contribution in [0.15, 0.2) is 40.8 Å². The molecule has 2 fully saturated rings. The molecule has 3 aromatic rings. The predicted molar refractivity (Wildman–Crippen MR) is 130 cm³/mol. The lowest BCUT2D eigenvalue weighted by Gasteiger charge is -2.37. The average Bonchev–Trinajstić information content (AvgIpc) is 2.88. The number of fused-ring (bicyclic) bond motifs is 1. The van der Waals surface area contributed by atoms with E-state index in [1.54, 1.807) is 0 Å². The standard InChI is InChI=1S/C26H28O12/c27-13-2-4-23(34-10-13)35-11-15-8-20(32)24(33)26(36-15)38-22-9-16-18(30)6-14(28)7-21(16)37-25(22)12-1-3-17(29)19(31)5-12/h1,3,5-7,9,13,15,20,23-24,26-27,32-33H,2,4,8,10-11H2,(H3-,28,29,30,31)/p+1/t13-,15+,20+,23?,24-,26+/m1/s1. The number of benzene rings is 2. The first kappa shape index (κ1) is 26.2. The van der Waals surface area contributed by atoms with Gasteiger partial charge in [0.1, 0.15) is 23.0 Å². The van der Waals surface area contributed by atoms with Gasteiger partial charge >= 0.3 is 11.3 Å². The molecule has 0 radical (unpaired) electrons. The fraction of sp³-hybridized carbons (Fsp3) is 0.423. The Morgan fingerprint density at radius 2 is 1.74 bits per heavy atom. The van der Waals surface area contributed by atoms with Crippen LogP contribution in [0.2, 0.25) is 0 Å². The Bertz CT molecular complexity index is 1290. The number of hydrogen-bond acceptors (Lipinski definition) is 11. The minimum atomic E-state index is -1.45. The Hall–Kier alpha value is -3.39. The third-order valence-corrected chi connectivity index (χ3v) is 6.48. The minimum Gasteiger partial charge on any atom is -0.507 e. The second kappa shape index (κ2) is 10.8. The Kier molecular flexibility index (Phi) is 7.43. The van der Waals surface area contributed by atoms with E-state index in [9.17, 15) is 35.7 Å². The molecule has 2 saturated heterocycles. The Morgan fingerprint density at radius 1 is 0.921 bits per heavy atom. The van der Waals surface area contributed by atoms with Crippen molar-refractivity contribution in [2.24, 2.45) is 0 Å². The summed E-state index contributed by atoms with van der Waals surface area (Å²) in [6, 6.07) is 7.70. The van der Waals surface area contributed by atoms with Gasteiger partial charge in [-0.1, -0.05) is 0 Å². The van der Waals surface area contributed by atoms with E-state index in [1.165, 1.54) is 30.3 Å². The minimum absolute atomic E-state index is 0.0222. The number of ether oxygens (including phenoxy) is 4. The molecule has 1 unspecified atom stereocenters. The van der Waals surface area contributed by atoms with Crippen LogP contribution in [0.1, 0.15) is 19.3 Å². The third kappa shape index (κ3) is 5.55. The van der Waals surface area contributed by atoms with Crippen molar-refractivity contribution < 1.29 is 59.1 Å². The summed E-state index contributed by atoms with van der Waals surface area (Å²) in [7, 11) is 0. The van der Waals surface area contributed by atoms with Gasteiger partial charge in [-0.05, 0) is 18.6 Å². The zero-order chi connectivity index (χ0) is 27.0. The van der Waals surface area contributed by atoms with Crippen molar-refractivity contribution in [1.82, 2.24) is 0 Å². The molecule has 38 heavy (non-hydrogen) atoms. The molecule has 0 spiro atoms. The van der Waals surface area contributed by atoms with Crippen molar-refractivity contribution in [2.45, 2.75) is 56.3 Å². The zero-order valence-corrected chi connectivity index (χ0v) is 20.1. The molecular weight excluding hydrogens is 504 g/mol. The number of aliphatic hydroxyl groups is 3. The summed E-state index contributed by atoms with van der Waals surface area (Å²) in [6.07, 6.45) is -4.66. The molecule has 1 aromatic heterocycles. The van der Waals surface area contributed by atoms with Crippen molar-refractivity contribution in [1.29, 1.82) is 0 Å². The summed E-state index contributed by atoms with van der Waals surface area (Å²) in [4.78, 5) is 0. The van der Waals surface area contributed by atoms with Gasteiger partial charge in [0.2, 0.25) is 12.0 Å². The highest BCUT2D eigenvalue weighted by molar-refractivity contribution is 5.88. The normalized spacial score (nSPS) is 27.9. The molecule has 0 amide bonds. The Balaban J connectivity index is 1.43. The van der Waals surface area contributed by atoms with E-state index < -0.39 is 42.7 Å². The van der Waals surface area contributed by atoms with Crippen LogP contribution < -0.4 is 4.74 Å². The summed E-state index contributed by atoms with van der Waals surface area (Å²) in [5.41, 5.74) is 0.355. The summed E-state index contributed by atoms with van der Waals surface area (Å²) in [5.74, 6) is -1.34. The van der Waals surface area contributed by atoms with Gasteiger partial charge in [0.25, 0.3) is 0 Å². The molecule has 12 nitrogen and oxygen atoms in total. The van der Waals surface area contributed by atoms with Gasteiger partial charge in [0.15, 0.2) is 17.8 Å². The summed E-state index contributed by atoms with van der Waals surface area (Å²) < 4.78 is 28.9. The molecule has 204 valence electrons. The highest BCUT2D eigenvalue weighted by Crippen LogP contribution is 2.42. The Morgan fingerprint density at radius 3 is 2.47 bits per heavy atom. The second-order valence-corrected chi connectivity index (χ2v) is 9.39. The van der Waals surface area contributed by atoms with E-state index in [1.807, 2.05) is 0 Å². The van der Waals surface area contributed by atoms with Crippen LogP contribution in [0.4, 0.5) is 0 Å². The topological polar surface area (TPSA) is 190 Å². The smallest absolute Gasteiger partial charge is 0.402 e. The van der Waals surface area contributed by atoms with E-state index in [-0.39, 0.29) is 64.9 Å². The highest BCUT2D eigenvalue weighted by atomic mass is 16.7. The van der Waals surface area contributed by atoms with Crippen LogP contribution >= 0.6 is 0 Å². The Labute approximate surface area is 216 Å². The van der Waals surface area contributed by atoms with E-state index in [0.717, 1.165) is 6.07 Å². The number of aliphatic hydroxyl groups excluding tert-OH is 3. The van der Waals surface area contributed by atoms with Crippen molar-refractivity contribution in [3.05, 3.63) is 36.4 Å². The highest BCUT2D eigenvalue weighted by Gasteiger charge is 2.40. The average molecular weight is 534 g/mol. The molecule has 0 aliphatic carbocycles. The third-order valence-electron chi connectivity index (χ3n) is 6.48. The van der Waals surface area contributed by atoms with Gasteiger partial charge in [-0.15, -0.1) is 0 Å². The van der Waals surface area contributed by atoms with Crippen LogP contribution in [-0.4, -0.2) is 86.0 Å². The predicted octanol–water partition coefficient (Wildman–Crippen LogP) is 1.93. The number of phenolic OH excluding ortho intramolecular Hbond substituents is 4. The van der Waals surface area contributed by atoms with Crippen molar-refractivity contribution in [3.8, 4) is 40.1 Å². The van der Waals surface area contributed by atoms with Crippen molar-refractivity contribution in [2.75, 3.05) is 13.2 Å². The SMILES string of the molecule is Oc1cc(O)c2cc(O[C@@H]3O[C@H](COC4CC[C@@H](O)CO4)C[C@H](O)[C@H]3O)c(-c3ccc(O)c(O)c3)[o+]c2c1. The summed E-state index contributed by atoms with van der Waals surface area (Å²) in [5, 5.41) is 70.9. The van der Waals surface area contributed by atoms with Crippen LogP contribution in [0.25, 0.3) is 22.3 Å². The molecule has 0 saturated carbocycles. The summed E-state index contributed by atoms with van der Waals surface area (Å²) in [6.45, 7) is 0.195. The maximum atomic E-state index is 10.6. The molecule has 2 aromatic carbocycles. The van der Waals surface area contributed by atoms with Gasteiger partial charge in [-0.25, -0.2) is 4.42 Å². The monoisotopic (exact) mass is 533 g/mol. The molecule has 2 aliphatic heterocycles. The molecule has 0 bridgehead atoms. The van der Waals surface area contributed by atoms with Crippen LogP contribution in [-0.2, 0) is 14.2 Å². The summed E-state index contributed by atoms with van der Waals surface area (Å²) >= 11 is 0. The number of phenols is 4. The second-order valence-electron chi connectivity index (χ2n) is 9.39. The van der Waals surface area contributed by atoms with Gasteiger partial charge in [0.05, 0.1) is 43.2 Å². The number of aromatic hydroxyl groups is 4. The fourth-order valence-electron chi connectivity index (χ4n) is 4.44. The van der Waals surface area contributed by atoms with Crippen LogP contribution in [0.3, 0.4) is 0 Å². The van der Waals surface area contributed by atoms with Gasteiger partial charge in [-0.2, -0.15) is 0 Å². The fourth-order valence-corrected chi connectivity index (χ4v) is 4.44. The molecule has 7 N–H and O–H groups in total. The molecule has 2 aliphatic rings. The van der Waals surface area contributed by atoms with E-state index in [0.29, 0.717) is 12.8 Å². The maximum Gasteiger partial charge on any atom is 0.402 e. The number of rotatable bonds is 6. The zero-order valence-electron chi connectivity index (χ0n) is 20.1. The van der Waals surface area contributed by atoms with E-state index in [4.69, 9.17) is 23.4 Å². The van der Waals surface area contributed by atoms with Crippen molar-refractivity contribution in [3.63, 3.8) is 0 Å². The van der Waals surface area contributed by atoms with Gasteiger partial charge < -0.3 is 54.7 Å². The largest absolute Gasteiger partial charge is 0.507 e. The molecule has 6 atom stereocenters. The molecule has 3 heterocycles. The van der Waals surface area contributed by atoms with Crippen LogP contribution in [0.5, 0.6) is 28.7 Å².